The standard InChI is InChI=1S/C30H35FN4O7S/c1-19-16-35(20(2)18-36)29(37)25-6-5-7-26(33-30(38)32-22-10-12-23(41-4)13-11-22)28(25)42-27(19)17-34(3)43(39,40)24-14-8-21(31)9-15-24/h5-15,19-20,27,36H,16-18H2,1-4H3,(H2,32,33,38)/t19-,20-,27-/m1/s1. The fourth-order valence-electron chi connectivity index (χ4n) is 4.66. The van der Waals surface area contributed by atoms with Crippen LogP contribution in [0.1, 0.15) is 24.2 Å². The number of amides is 3. The summed E-state index contributed by atoms with van der Waals surface area (Å²) >= 11 is 0. The predicted molar refractivity (Wildman–Crippen MR) is 159 cm³/mol. The number of para-hydroxylation sites is 1. The van der Waals surface area contributed by atoms with Gasteiger partial charge in [-0.15, -0.1) is 0 Å². The molecule has 43 heavy (non-hydrogen) atoms. The summed E-state index contributed by atoms with van der Waals surface area (Å²) in [5.41, 5.74) is 0.830. The second-order valence-electron chi connectivity index (χ2n) is 10.4. The van der Waals surface area contributed by atoms with Gasteiger partial charge in [-0.25, -0.2) is 17.6 Å². The Labute approximate surface area is 250 Å². The van der Waals surface area contributed by atoms with Gasteiger partial charge in [0, 0.05) is 25.2 Å². The SMILES string of the molecule is COc1ccc(NC(=O)Nc2cccc3c2O[C@H](CN(C)S(=O)(=O)c2ccc(F)cc2)[C@H](C)CN([C@H](C)CO)C3=O)cc1. The number of urea groups is 1. The van der Waals surface area contributed by atoms with Crippen molar-refractivity contribution in [2.45, 2.75) is 30.9 Å². The van der Waals surface area contributed by atoms with Crippen molar-refractivity contribution in [3.05, 3.63) is 78.1 Å². The number of nitrogens with one attached hydrogen (secondary N) is 2. The number of nitrogens with zero attached hydrogens (tertiary/aromatic N) is 2. The number of methoxy groups -OCH3 is 1. The molecule has 1 heterocycles. The van der Waals surface area contributed by atoms with Gasteiger partial charge in [-0.2, -0.15) is 4.31 Å². The first kappa shape index (κ1) is 31.7. The topological polar surface area (TPSA) is 138 Å². The molecule has 0 aliphatic carbocycles. The van der Waals surface area contributed by atoms with Crippen LogP contribution in [0, 0.1) is 11.7 Å². The average molecular weight is 615 g/mol. The third-order valence-electron chi connectivity index (χ3n) is 7.25. The minimum Gasteiger partial charge on any atom is -0.497 e. The van der Waals surface area contributed by atoms with Crippen molar-refractivity contribution in [1.29, 1.82) is 0 Å². The molecule has 3 aromatic rings. The first-order valence-corrected chi connectivity index (χ1v) is 15.0. The van der Waals surface area contributed by atoms with Gasteiger partial charge in [0.1, 0.15) is 17.7 Å². The van der Waals surface area contributed by atoms with Crippen LogP contribution in [0.5, 0.6) is 11.5 Å². The van der Waals surface area contributed by atoms with E-state index in [1.54, 1.807) is 49.4 Å². The number of carbonyl (C=O) groups is 2. The molecule has 4 rings (SSSR count). The number of halogens is 1. The maximum atomic E-state index is 13.7. The molecule has 1 aliphatic heterocycles. The van der Waals surface area contributed by atoms with Crippen LogP contribution in [0.25, 0.3) is 0 Å². The zero-order chi connectivity index (χ0) is 31.3. The second-order valence-corrected chi connectivity index (χ2v) is 12.4. The van der Waals surface area contributed by atoms with E-state index in [0.717, 1.165) is 16.4 Å². The number of hydrogen-bond donors (Lipinski definition) is 3. The Morgan fingerprint density at radius 3 is 2.44 bits per heavy atom. The van der Waals surface area contributed by atoms with Gasteiger partial charge in [0.2, 0.25) is 10.0 Å². The third kappa shape index (κ3) is 7.24. The lowest BCUT2D eigenvalue weighted by Gasteiger charge is -2.38. The van der Waals surface area contributed by atoms with Crippen LogP contribution < -0.4 is 20.1 Å². The molecule has 3 N–H and O–H groups in total. The Bertz CT molecular complexity index is 1550. The number of rotatable bonds is 9. The number of aliphatic hydroxyl groups excluding tert-OH is 1. The van der Waals surface area contributed by atoms with Crippen molar-refractivity contribution < 1.29 is 37.0 Å². The van der Waals surface area contributed by atoms with Gasteiger partial charge in [-0.3, -0.25) is 4.79 Å². The Morgan fingerprint density at radius 2 is 1.81 bits per heavy atom. The van der Waals surface area contributed by atoms with E-state index in [4.69, 9.17) is 9.47 Å². The van der Waals surface area contributed by atoms with Gasteiger partial charge in [-0.05, 0) is 67.6 Å². The number of ether oxygens (including phenoxy) is 2. The highest BCUT2D eigenvalue weighted by molar-refractivity contribution is 7.89. The molecule has 0 radical (unpaired) electrons. The third-order valence-corrected chi connectivity index (χ3v) is 9.08. The Hall–Kier alpha value is -4.20. The van der Waals surface area contributed by atoms with Crippen LogP contribution in [0.15, 0.2) is 71.6 Å². The van der Waals surface area contributed by atoms with Crippen LogP contribution >= 0.6 is 0 Å². The molecule has 0 fully saturated rings. The molecule has 0 saturated heterocycles. The Morgan fingerprint density at radius 1 is 1.14 bits per heavy atom. The van der Waals surface area contributed by atoms with Crippen LogP contribution in [0.3, 0.4) is 0 Å². The highest BCUT2D eigenvalue weighted by Crippen LogP contribution is 2.35. The van der Waals surface area contributed by atoms with Gasteiger partial charge in [0.25, 0.3) is 5.91 Å². The molecular formula is C30H35FN4O7S. The molecule has 3 atom stereocenters. The number of hydrogen-bond acceptors (Lipinski definition) is 7. The maximum Gasteiger partial charge on any atom is 0.323 e. The number of benzene rings is 3. The molecule has 0 aromatic heterocycles. The molecule has 230 valence electrons. The van der Waals surface area contributed by atoms with E-state index >= 15 is 0 Å². The number of sulfonamides is 1. The van der Waals surface area contributed by atoms with E-state index in [9.17, 15) is 27.5 Å². The predicted octanol–water partition coefficient (Wildman–Crippen LogP) is 4.02. The number of carbonyl (C=O) groups excluding carboxylic acids is 2. The van der Waals surface area contributed by atoms with Crippen molar-refractivity contribution in [3.63, 3.8) is 0 Å². The van der Waals surface area contributed by atoms with E-state index in [2.05, 4.69) is 10.6 Å². The summed E-state index contributed by atoms with van der Waals surface area (Å²) in [7, 11) is -1.09. The van der Waals surface area contributed by atoms with E-state index in [-0.39, 0.29) is 41.6 Å². The lowest BCUT2D eigenvalue weighted by molar-refractivity contribution is 0.0389. The molecule has 0 spiro atoms. The fourth-order valence-corrected chi connectivity index (χ4v) is 5.84. The highest BCUT2D eigenvalue weighted by Gasteiger charge is 2.36. The highest BCUT2D eigenvalue weighted by atomic mass is 32.2. The number of aliphatic hydroxyl groups is 1. The summed E-state index contributed by atoms with van der Waals surface area (Å²) in [6, 6.07) is 14.8. The number of likely N-dealkylation sites (N-methyl/N-ethyl adjacent to an activating group) is 1. The zero-order valence-electron chi connectivity index (χ0n) is 24.3. The smallest absolute Gasteiger partial charge is 0.323 e. The summed E-state index contributed by atoms with van der Waals surface area (Å²) in [6.45, 7) is 3.27. The van der Waals surface area contributed by atoms with Crippen LogP contribution in [0.4, 0.5) is 20.6 Å². The van der Waals surface area contributed by atoms with Gasteiger partial charge < -0.3 is 30.1 Å². The van der Waals surface area contributed by atoms with Gasteiger partial charge in [0.05, 0.1) is 42.4 Å². The minimum atomic E-state index is -4.01. The molecule has 13 heteroatoms. The molecule has 0 unspecified atom stereocenters. The van der Waals surface area contributed by atoms with Crippen molar-refractivity contribution in [2.75, 3.05) is 44.5 Å². The summed E-state index contributed by atoms with van der Waals surface area (Å²) in [5.74, 6) is -0.687. The molecular weight excluding hydrogens is 579 g/mol. The summed E-state index contributed by atoms with van der Waals surface area (Å²) in [6.07, 6.45) is -0.784. The summed E-state index contributed by atoms with van der Waals surface area (Å²) in [5, 5.41) is 15.3. The van der Waals surface area contributed by atoms with Crippen LogP contribution in [0.2, 0.25) is 0 Å². The molecule has 11 nitrogen and oxygen atoms in total. The van der Waals surface area contributed by atoms with Gasteiger partial charge in [0.15, 0.2) is 5.75 Å². The van der Waals surface area contributed by atoms with Gasteiger partial charge in [-0.1, -0.05) is 13.0 Å². The van der Waals surface area contributed by atoms with Crippen molar-refractivity contribution in [3.8, 4) is 11.5 Å². The fraction of sp³-hybridized carbons (Fsp3) is 0.333. The molecule has 0 bridgehead atoms. The first-order chi connectivity index (χ1) is 20.4. The van der Waals surface area contributed by atoms with E-state index in [0.29, 0.717) is 11.4 Å². The summed E-state index contributed by atoms with van der Waals surface area (Å²) in [4.78, 5) is 28.1. The van der Waals surface area contributed by atoms with E-state index in [1.807, 2.05) is 6.92 Å². The lowest BCUT2D eigenvalue weighted by atomic mass is 9.99. The molecule has 1 aliphatic rings. The Kier molecular flexibility index (Phi) is 9.89. The quantitative estimate of drug-likeness (QED) is 0.331. The first-order valence-electron chi connectivity index (χ1n) is 13.6. The van der Waals surface area contributed by atoms with Gasteiger partial charge >= 0.3 is 6.03 Å². The maximum absolute atomic E-state index is 13.7. The van der Waals surface area contributed by atoms with Crippen LogP contribution in [-0.4, -0.2) is 80.7 Å². The van der Waals surface area contributed by atoms with Crippen LogP contribution in [-0.2, 0) is 10.0 Å². The molecule has 3 aromatic carbocycles. The number of anilines is 2. The van der Waals surface area contributed by atoms with E-state index in [1.165, 1.54) is 31.2 Å². The molecule has 0 saturated carbocycles. The Balaban J connectivity index is 1.67. The largest absolute Gasteiger partial charge is 0.497 e. The summed E-state index contributed by atoms with van der Waals surface area (Å²) < 4.78 is 52.7. The van der Waals surface area contributed by atoms with Crippen molar-refractivity contribution in [1.82, 2.24) is 9.21 Å². The van der Waals surface area contributed by atoms with Crippen molar-refractivity contribution in [2.24, 2.45) is 5.92 Å². The molecule has 3 amide bonds. The monoisotopic (exact) mass is 614 g/mol. The van der Waals surface area contributed by atoms with E-state index < -0.39 is 45.8 Å². The zero-order valence-corrected chi connectivity index (χ0v) is 25.1. The average Bonchev–Trinajstić information content (AvgIpc) is 2.99. The second kappa shape index (κ2) is 13.4. The number of fused-ring (bicyclic) bond motifs is 1. The lowest BCUT2D eigenvalue weighted by Crippen LogP contribution is -2.50. The van der Waals surface area contributed by atoms with Crippen molar-refractivity contribution >= 4 is 33.3 Å². The normalized spacial score (nSPS) is 17.7. The minimum absolute atomic E-state index is 0.0663.